The van der Waals surface area contributed by atoms with Crippen LogP contribution < -0.4 is 5.73 Å². The smallest absolute Gasteiger partial charge is 0.242 e. The molecule has 0 fully saturated rings. The lowest BCUT2D eigenvalue weighted by molar-refractivity contribution is -0.113. The van der Waals surface area contributed by atoms with Crippen LogP contribution in [0.4, 0.5) is 0 Å². The molecular weight excluding hydrogens is 142 g/mol. The number of carbonyl (C=O) groups is 1. The number of hydrogen-bond acceptors (Lipinski definition) is 3. The fourth-order valence-corrected chi connectivity index (χ4v) is 0.572. The molecule has 9 heavy (non-hydrogen) atoms. The average Bonchev–Trinajstić information content (AvgIpc) is 1.59. The van der Waals surface area contributed by atoms with Gasteiger partial charge in [-0.05, 0) is 0 Å². The van der Waals surface area contributed by atoms with Crippen molar-refractivity contribution in [1.82, 2.24) is 0 Å². The molecule has 0 aromatic rings. The molecule has 5 heteroatoms. The Hall–Kier alpha value is -0.840. The molecule has 0 radical (unpaired) electrons. The first kappa shape index (κ1) is 8.16. The van der Waals surface area contributed by atoms with Gasteiger partial charge in [0.2, 0.25) is 5.91 Å². The first-order valence-electron chi connectivity index (χ1n) is 2.09. The third-order valence-corrected chi connectivity index (χ3v) is 1.11. The predicted octanol–water partition coefficient (Wildman–Crippen LogP) is -0.970. The molecule has 4 nitrogen and oxygen atoms in total. The van der Waals surface area contributed by atoms with Gasteiger partial charge in [0.15, 0.2) is 9.84 Å². The minimum Gasteiger partial charge on any atom is -0.366 e. The molecule has 2 N–H and O–H groups in total. The van der Waals surface area contributed by atoms with Crippen LogP contribution in [-0.4, -0.2) is 20.6 Å². The zero-order valence-corrected chi connectivity index (χ0v) is 5.68. The van der Waals surface area contributed by atoms with E-state index in [2.05, 4.69) is 5.73 Å². The molecule has 0 rings (SSSR count). The number of rotatable bonds is 2. The summed E-state index contributed by atoms with van der Waals surface area (Å²) in [6, 6.07) is 0. The van der Waals surface area contributed by atoms with E-state index in [0.717, 1.165) is 17.7 Å². The number of amides is 1. The third kappa shape index (κ3) is 7.16. The minimum absolute atomic E-state index is 0.759. The quantitative estimate of drug-likeness (QED) is 0.513. The van der Waals surface area contributed by atoms with Gasteiger partial charge in [-0.2, -0.15) is 0 Å². The van der Waals surface area contributed by atoms with E-state index in [-0.39, 0.29) is 0 Å². The molecule has 0 aromatic heterocycles. The van der Waals surface area contributed by atoms with Gasteiger partial charge in [0, 0.05) is 17.7 Å². The highest BCUT2D eigenvalue weighted by molar-refractivity contribution is 7.93. The van der Waals surface area contributed by atoms with Crippen LogP contribution in [0, 0.1) is 0 Å². The summed E-state index contributed by atoms with van der Waals surface area (Å²) in [5, 5.41) is 0.759. The minimum atomic E-state index is -3.20. The maximum absolute atomic E-state index is 10.2. The van der Waals surface area contributed by atoms with E-state index in [1.807, 2.05) is 0 Å². The van der Waals surface area contributed by atoms with Crippen LogP contribution >= 0.6 is 0 Å². The Balaban J connectivity index is 4.21. The van der Waals surface area contributed by atoms with Crippen molar-refractivity contribution in [3.8, 4) is 0 Å². The van der Waals surface area contributed by atoms with Crippen molar-refractivity contribution in [1.29, 1.82) is 0 Å². The van der Waals surface area contributed by atoms with E-state index < -0.39 is 15.7 Å². The Kier molecular flexibility index (Phi) is 2.39. The summed E-state index contributed by atoms with van der Waals surface area (Å²) in [6.45, 7) is 0. The van der Waals surface area contributed by atoms with Crippen molar-refractivity contribution < 1.29 is 13.2 Å². The van der Waals surface area contributed by atoms with Gasteiger partial charge in [-0.25, -0.2) is 8.42 Å². The number of sulfone groups is 1. The Morgan fingerprint density at radius 3 is 2.11 bits per heavy atom. The van der Waals surface area contributed by atoms with Crippen LogP contribution in [0.5, 0.6) is 0 Å². The van der Waals surface area contributed by atoms with E-state index >= 15 is 0 Å². The SMILES string of the molecule is CS(=O)(=O)/C=C/C(N)=O. The fraction of sp³-hybridized carbons (Fsp3) is 0.250. The van der Waals surface area contributed by atoms with Crippen molar-refractivity contribution in [2.24, 2.45) is 5.73 Å². The van der Waals surface area contributed by atoms with Crippen LogP contribution in [-0.2, 0) is 14.6 Å². The molecule has 0 aliphatic rings. The lowest BCUT2D eigenvalue weighted by atomic mass is 10.6. The van der Waals surface area contributed by atoms with Gasteiger partial charge in [0.05, 0.1) is 0 Å². The lowest BCUT2D eigenvalue weighted by Gasteiger charge is -1.80. The third-order valence-electron chi connectivity index (χ3n) is 0.480. The standard InChI is InChI=1S/C4H7NO3S/c1-9(7,8)3-2-4(5)6/h2-3H,1H3,(H2,5,6)/b3-2+. The first-order chi connectivity index (χ1) is 3.92. The molecule has 0 aliphatic heterocycles. The molecule has 0 atom stereocenters. The van der Waals surface area contributed by atoms with Crippen molar-refractivity contribution in [2.75, 3.05) is 6.26 Å². The molecule has 0 aliphatic carbocycles. The summed E-state index contributed by atoms with van der Waals surface area (Å²) < 4.78 is 20.5. The van der Waals surface area contributed by atoms with Crippen molar-refractivity contribution in [2.45, 2.75) is 0 Å². The largest absolute Gasteiger partial charge is 0.366 e. The van der Waals surface area contributed by atoms with Gasteiger partial charge in [0.25, 0.3) is 0 Å². The van der Waals surface area contributed by atoms with Gasteiger partial charge >= 0.3 is 0 Å². The number of hydrogen-bond donors (Lipinski definition) is 1. The molecule has 0 saturated carbocycles. The highest BCUT2D eigenvalue weighted by Gasteiger charge is 1.92. The van der Waals surface area contributed by atoms with E-state index in [1.165, 1.54) is 0 Å². The summed E-state index contributed by atoms with van der Waals surface area (Å²) in [4.78, 5) is 9.92. The second-order valence-corrected chi connectivity index (χ2v) is 3.47. The fourth-order valence-electron chi connectivity index (χ4n) is 0.191. The summed E-state index contributed by atoms with van der Waals surface area (Å²) >= 11 is 0. The Bertz CT molecular complexity index is 226. The number of primary amides is 1. The monoisotopic (exact) mass is 149 g/mol. The van der Waals surface area contributed by atoms with Crippen LogP contribution in [0.2, 0.25) is 0 Å². The predicted molar refractivity (Wildman–Crippen MR) is 33.2 cm³/mol. The maximum Gasteiger partial charge on any atom is 0.242 e. The second kappa shape index (κ2) is 2.63. The van der Waals surface area contributed by atoms with Gasteiger partial charge in [-0.1, -0.05) is 0 Å². The Labute approximate surface area is 53.3 Å². The second-order valence-electron chi connectivity index (χ2n) is 1.53. The Morgan fingerprint density at radius 1 is 1.56 bits per heavy atom. The summed E-state index contributed by atoms with van der Waals surface area (Å²) in [5.41, 5.74) is 4.61. The van der Waals surface area contributed by atoms with Crippen LogP contribution in [0.3, 0.4) is 0 Å². The molecule has 0 unspecified atom stereocenters. The van der Waals surface area contributed by atoms with Crippen LogP contribution in [0.25, 0.3) is 0 Å². The zero-order chi connectivity index (χ0) is 7.49. The normalized spacial score (nSPS) is 12.1. The van der Waals surface area contributed by atoms with E-state index in [1.54, 1.807) is 0 Å². The van der Waals surface area contributed by atoms with Gasteiger partial charge < -0.3 is 5.73 Å². The Morgan fingerprint density at radius 2 is 2.00 bits per heavy atom. The van der Waals surface area contributed by atoms with E-state index in [4.69, 9.17) is 0 Å². The van der Waals surface area contributed by atoms with Gasteiger partial charge in [-0.3, -0.25) is 4.79 Å². The van der Waals surface area contributed by atoms with Crippen molar-refractivity contribution >= 4 is 15.7 Å². The average molecular weight is 149 g/mol. The topological polar surface area (TPSA) is 77.2 Å². The maximum atomic E-state index is 10.2. The van der Waals surface area contributed by atoms with Gasteiger partial charge in [-0.15, -0.1) is 0 Å². The first-order valence-corrected chi connectivity index (χ1v) is 4.05. The molecule has 1 amide bonds. The molecular formula is C4H7NO3S. The summed E-state index contributed by atoms with van der Waals surface area (Å²) in [6.07, 6.45) is 1.78. The van der Waals surface area contributed by atoms with Crippen LogP contribution in [0.1, 0.15) is 0 Å². The number of carbonyl (C=O) groups excluding carboxylic acids is 1. The molecule has 0 aromatic carbocycles. The van der Waals surface area contributed by atoms with Crippen molar-refractivity contribution in [3.05, 3.63) is 11.5 Å². The van der Waals surface area contributed by atoms with Gasteiger partial charge in [0.1, 0.15) is 0 Å². The summed E-state index contributed by atoms with van der Waals surface area (Å²) in [7, 11) is -3.20. The van der Waals surface area contributed by atoms with E-state index in [0.29, 0.717) is 0 Å². The lowest BCUT2D eigenvalue weighted by Crippen LogP contribution is -2.06. The molecule has 0 spiro atoms. The van der Waals surface area contributed by atoms with Crippen LogP contribution in [0.15, 0.2) is 11.5 Å². The van der Waals surface area contributed by atoms with E-state index in [9.17, 15) is 13.2 Å². The molecule has 0 saturated heterocycles. The molecule has 0 bridgehead atoms. The molecule has 0 heterocycles. The zero-order valence-electron chi connectivity index (χ0n) is 4.87. The molecule has 52 valence electrons. The summed E-state index contributed by atoms with van der Waals surface area (Å²) in [5.74, 6) is -0.763. The van der Waals surface area contributed by atoms with Crippen molar-refractivity contribution in [3.63, 3.8) is 0 Å². The number of nitrogens with two attached hydrogens (primary N) is 1. The highest BCUT2D eigenvalue weighted by atomic mass is 32.2. The highest BCUT2D eigenvalue weighted by Crippen LogP contribution is 1.82.